The maximum absolute atomic E-state index is 13.9. The van der Waals surface area contributed by atoms with Crippen molar-refractivity contribution >= 4 is 17.8 Å². The van der Waals surface area contributed by atoms with E-state index in [1.54, 1.807) is 0 Å². The normalized spacial score (nSPS) is 11.7. The standard InChI is InChI=1S/C58H114N2O5/c1-8-13-18-27-38-48-56(61)60(50-41-49-59(6)7)55(46-36-28-23-25-30-39-51-64-57(62)53(42-32-19-14-9-2)43-33-20-15-10-3)47-37-29-24-26-31-40-52-65-58(63)54(44-34-21-16-11-4)45-35-22-17-12-5/h53-55H,8-52H2,1-7H3. The lowest BCUT2D eigenvalue weighted by Crippen LogP contribution is -2.41. The molecule has 0 bridgehead atoms. The van der Waals surface area contributed by atoms with Crippen LogP contribution < -0.4 is 0 Å². The van der Waals surface area contributed by atoms with Crippen LogP contribution in [0, 0.1) is 11.8 Å². The Labute approximate surface area is 406 Å². The van der Waals surface area contributed by atoms with Crippen LogP contribution in [-0.4, -0.2) is 74.1 Å². The summed E-state index contributed by atoms with van der Waals surface area (Å²) in [5, 5.41) is 0. The van der Waals surface area contributed by atoms with Gasteiger partial charge in [0.2, 0.25) is 5.91 Å². The number of unbranched alkanes of at least 4 members (excludes halogenated alkanes) is 26. The molecule has 0 aromatic rings. The van der Waals surface area contributed by atoms with Gasteiger partial charge in [0, 0.05) is 19.0 Å². The lowest BCUT2D eigenvalue weighted by atomic mass is 9.94. The summed E-state index contributed by atoms with van der Waals surface area (Å²) in [6.07, 6.45) is 46.8. The minimum absolute atomic E-state index is 0.0532. The predicted molar refractivity (Wildman–Crippen MR) is 281 cm³/mol. The Hall–Kier alpha value is -1.63. The van der Waals surface area contributed by atoms with Crippen LogP contribution in [0.25, 0.3) is 0 Å². The Morgan fingerprint density at radius 2 is 0.662 bits per heavy atom. The molecule has 0 aliphatic heterocycles. The molecule has 0 aromatic carbocycles. The van der Waals surface area contributed by atoms with Gasteiger partial charge >= 0.3 is 11.9 Å². The molecule has 1 amide bonds. The van der Waals surface area contributed by atoms with Gasteiger partial charge in [-0.25, -0.2) is 0 Å². The van der Waals surface area contributed by atoms with Crippen molar-refractivity contribution in [1.29, 1.82) is 0 Å². The monoisotopic (exact) mass is 919 g/mol. The molecule has 0 aliphatic carbocycles. The Balaban J connectivity index is 5.03. The van der Waals surface area contributed by atoms with E-state index in [9.17, 15) is 14.4 Å². The fraction of sp³-hybridized carbons (Fsp3) is 0.948. The number of amides is 1. The molecule has 0 radical (unpaired) electrons. The first-order valence-corrected chi connectivity index (χ1v) is 29.0. The highest BCUT2D eigenvalue weighted by Crippen LogP contribution is 2.24. The zero-order valence-electron chi connectivity index (χ0n) is 45.0. The number of nitrogens with zero attached hydrogens (tertiary/aromatic N) is 2. The zero-order chi connectivity index (χ0) is 47.9. The second-order valence-electron chi connectivity index (χ2n) is 20.5. The first-order chi connectivity index (χ1) is 31.7. The molecule has 7 nitrogen and oxygen atoms in total. The van der Waals surface area contributed by atoms with Gasteiger partial charge in [-0.2, -0.15) is 0 Å². The van der Waals surface area contributed by atoms with Crippen molar-refractivity contribution in [3.63, 3.8) is 0 Å². The van der Waals surface area contributed by atoms with E-state index >= 15 is 0 Å². The summed E-state index contributed by atoms with van der Waals surface area (Å²) in [6, 6.07) is 0.327. The summed E-state index contributed by atoms with van der Waals surface area (Å²) in [5.74, 6) is 0.656. The Kier molecular flexibility index (Phi) is 47.6. The number of rotatable bonds is 51. The summed E-state index contributed by atoms with van der Waals surface area (Å²) < 4.78 is 11.7. The van der Waals surface area contributed by atoms with E-state index < -0.39 is 0 Å². The van der Waals surface area contributed by atoms with Gasteiger partial charge in [0.15, 0.2) is 0 Å². The minimum atomic E-state index is 0.0532. The first kappa shape index (κ1) is 63.4. The summed E-state index contributed by atoms with van der Waals surface area (Å²) in [5.41, 5.74) is 0. The lowest BCUT2D eigenvalue weighted by Gasteiger charge is -2.33. The number of carbonyl (C=O) groups is 3. The number of carbonyl (C=O) groups excluding carboxylic acids is 3. The zero-order valence-corrected chi connectivity index (χ0v) is 45.0. The van der Waals surface area contributed by atoms with E-state index in [0.717, 1.165) is 122 Å². The highest BCUT2D eigenvalue weighted by Gasteiger charge is 2.24. The fourth-order valence-corrected chi connectivity index (χ4v) is 9.54. The van der Waals surface area contributed by atoms with Crippen molar-refractivity contribution in [1.82, 2.24) is 9.80 Å². The molecule has 0 heterocycles. The van der Waals surface area contributed by atoms with Crippen molar-refractivity contribution in [2.75, 3.05) is 40.4 Å². The van der Waals surface area contributed by atoms with Crippen LogP contribution in [0.3, 0.4) is 0 Å². The average Bonchev–Trinajstić information content (AvgIpc) is 3.29. The summed E-state index contributed by atoms with van der Waals surface area (Å²) >= 11 is 0. The highest BCUT2D eigenvalue weighted by molar-refractivity contribution is 5.76. The molecule has 0 unspecified atom stereocenters. The molecule has 0 aromatic heterocycles. The lowest BCUT2D eigenvalue weighted by molar-refractivity contribution is -0.150. The highest BCUT2D eigenvalue weighted by atomic mass is 16.5. The Morgan fingerprint density at radius 1 is 0.354 bits per heavy atom. The van der Waals surface area contributed by atoms with E-state index in [1.807, 2.05) is 0 Å². The molecule has 0 rings (SSSR count). The SMILES string of the molecule is CCCCCCCC(=O)N(CCCN(C)C)C(CCCCCCCCOC(=O)C(CCCCCC)CCCCCC)CCCCCCCCOC(=O)C(CCCCCC)CCCCCC. The number of ether oxygens (including phenoxy) is 2. The largest absolute Gasteiger partial charge is 0.465 e. The third kappa shape index (κ3) is 40.0. The summed E-state index contributed by atoms with van der Waals surface area (Å²) in [4.78, 5) is 44.5. The molecule has 0 saturated heterocycles. The molecule has 7 heteroatoms. The number of hydrogen-bond acceptors (Lipinski definition) is 6. The van der Waals surface area contributed by atoms with Gasteiger partial charge in [0.1, 0.15) is 0 Å². The van der Waals surface area contributed by atoms with Crippen LogP contribution in [0.5, 0.6) is 0 Å². The van der Waals surface area contributed by atoms with Gasteiger partial charge in [-0.05, 0) is 84.8 Å². The van der Waals surface area contributed by atoms with E-state index in [2.05, 4.69) is 58.5 Å². The van der Waals surface area contributed by atoms with Gasteiger partial charge in [0.05, 0.1) is 25.0 Å². The van der Waals surface area contributed by atoms with Gasteiger partial charge < -0.3 is 19.3 Å². The van der Waals surface area contributed by atoms with Gasteiger partial charge in [0.25, 0.3) is 0 Å². The van der Waals surface area contributed by atoms with E-state index in [-0.39, 0.29) is 23.8 Å². The third-order valence-electron chi connectivity index (χ3n) is 13.9. The second kappa shape index (κ2) is 48.8. The van der Waals surface area contributed by atoms with Gasteiger partial charge in [-0.3, -0.25) is 14.4 Å². The van der Waals surface area contributed by atoms with Crippen LogP contribution in [0.1, 0.15) is 298 Å². The third-order valence-corrected chi connectivity index (χ3v) is 13.9. The van der Waals surface area contributed by atoms with Crippen molar-refractivity contribution in [2.24, 2.45) is 11.8 Å². The number of esters is 2. The summed E-state index contributed by atoms with van der Waals surface area (Å²) in [7, 11) is 4.27. The quantitative estimate of drug-likeness (QED) is 0.0447. The molecule has 0 N–H and O–H groups in total. The average molecular weight is 920 g/mol. The maximum atomic E-state index is 13.9. The molecule has 0 aliphatic rings. The molecule has 0 fully saturated rings. The van der Waals surface area contributed by atoms with Crippen LogP contribution in [0.4, 0.5) is 0 Å². The Morgan fingerprint density at radius 3 is 1.03 bits per heavy atom. The Bertz CT molecular complexity index is 954. The fourth-order valence-electron chi connectivity index (χ4n) is 9.54. The molecule has 386 valence electrons. The minimum Gasteiger partial charge on any atom is -0.465 e. The predicted octanol–water partition coefficient (Wildman–Crippen LogP) is 17.2. The van der Waals surface area contributed by atoms with Gasteiger partial charge in [-0.15, -0.1) is 0 Å². The maximum Gasteiger partial charge on any atom is 0.308 e. The van der Waals surface area contributed by atoms with Crippen LogP contribution in [0.15, 0.2) is 0 Å². The van der Waals surface area contributed by atoms with E-state index in [1.165, 1.54) is 148 Å². The number of hydrogen-bond donors (Lipinski definition) is 0. The molecule has 0 atom stereocenters. The van der Waals surface area contributed by atoms with Crippen LogP contribution in [0.2, 0.25) is 0 Å². The van der Waals surface area contributed by atoms with Crippen LogP contribution >= 0.6 is 0 Å². The van der Waals surface area contributed by atoms with Gasteiger partial charge in [-0.1, -0.05) is 227 Å². The van der Waals surface area contributed by atoms with Crippen molar-refractivity contribution < 1.29 is 23.9 Å². The van der Waals surface area contributed by atoms with E-state index in [4.69, 9.17) is 9.47 Å². The van der Waals surface area contributed by atoms with E-state index in [0.29, 0.717) is 31.6 Å². The smallest absolute Gasteiger partial charge is 0.308 e. The molecular formula is C58H114N2O5. The molecule has 0 spiro atoms. The van der Waals surface area contributed by atoms with Crippen molar-refractivity contribution in [3.05, 3.63) is 0 Å². The van der Waals surface area contributed by atoms with Crippen molar-refractivity contribution in [2.45, 2.75) is 304 Å². The molecular weight excluding hydrogens is 805 g/mol. The molecule has 0 saturated carbocycles. The van der Waals surface area contributed by atoms with Crippen molar-refractivity contribution in [3.8, 4) is 0 Å². The second-order valence-corrected chi connectivity index (χ2v) is 20.5. The summed E-state index contributed by atoms with van der Waals surface area (Å²) in [6.45, 7) is 14.2. The topological polar surface area (TPSA) is 76.2 Å². The van der Waals surface area contributed by atoms with Crippen LogP contribution in [-0.2, 0) is 23.9 Å². The first-order valence-electron chi connectivity index (χ1n) is 29.0. The molecule has 65 heavy (non-hydrogen) atoms.